The monoisotopic (exact) mass is 494 g/mol. The summed E-state index contributed by atoms with van der Waals surface area (Å²) in [6, 6.07) is 4.21. The quantitative estimate of drug-likeness (QED) is 0.452. The van der Waals surface area contributed by atoms with Gasteiger partial charge in [0.15, 0.2) is 6.61 Å². The first-order valence-electron chi connectivity index (χ1n) is 12.2. The van der Waals surface area contributed by atoms with Gasteiger partial charge in [-0.1, -0.05) is 11.6 Å². The van der Waals surface area contributed by atoms with Crippen LogP contribution in [0.1, 0.15) is 32.1 Å². The van der Waals surface area contributed by atoms with Crippen molar-refractivity contribution in [2.45, 2.75) is 62.4 Å². The van der Waals surface area contributed by atoms with Crippen LogP contribution in [0.25, 0.3) is 0 Å². The van der Waals surface area contributed by atoms with Gasteiger partial charge in [0.05, 0.1) is 17.2 Å². The third-order valence-corrected chi connectivity index (χ3v) is 8.20. The van der Waals surface area contributed by atoms with Crippen LogP contribution in [-0.4, -0.2) is 78.3 Å². The fourth-order valence-corrected chi connectivity index (χ4v) is 5.96. The van der Waals surface area contributed by atoms with Crippen molar-refractivity contribution in [2.75, 3.05) is 26.2 Å². The largest absolute Gasteiger partial charge is 0.484 e. The lowest BCUT2D eigenvalue weighted by molar-refractivity contribution is -0.128. The van der Waals surface area contributed by atoms with Gasteiger partial charge in [-0.2, -0.15) is 0 Å². The minimum Gasteiger partial charge on any atom is -0.484 e. The van der Waals surface area contributed by atoms with E-state index < -0.39 is 5.82 Å². The highest BCUT2D eigenvalue weighted by molar-refractivity contribution is 6.30. The third-order valence-electron chi connectivity index (χ3n) is 7.89. The van der Waals surface area contributed by atoms with Crippen molar-refractivity contribution in [2.24, 2.45) is 11.8 Å². The number of likely N-dealkylation sites (tertiary alicyclic amines) is 1. The Morgan fingerprint density at radius 3 is 2.59 bits per heavy atom. The number of nitrogens with zero attached hydrogens (tertiary/aromatic N) is 1. The Morgan fingerprint density at radius 1 is 1.15 bits per heavy atom. The summed E-state index contributed by atoms with van der Waals surface area (Å²) in [7, 11) is 0. The molecular weight excluding hydrogens is 463 g/mol. The molecule has 0 radical (unpaired) electrons. The fourth-order valence-electron chi connectivity index (χ4n) is 5.84. The molecule has 2 bridgehead atoms. The van der Waals surface area contributed by atoms with Gasteiger partial charge < -0.3 is 25.8 Å². The van der Waals surface area contributed by atoms with E-state index in [0.29, 0.717) is 37.4 Å². The predicted octanol–water partition coefficient (Wildman–Crippen LogP) is 1.05. The number of carbonyl (C=O) groups excluding carboxylic acids is 2. The summed E-state index contributed by atoms with van der Waals surface area (Å²) in [5.41, 5.74) is 0. The van der Waals surface area contributed by atoms with Crippen LogP contribution in [-0.2, 0) is 9.59 Å². The lowest BCUT2D eigenvalue weighted by Crippen LogP contribution is -2.63. The molecule has 5 fully saturated rings. The number of nitrogens with one attached hydrogen (secondary N) is 3. The van der Waals surface area contributed by atoms with Crippen LogP contribution in [0.3, 0.4) is 0 Å². The van der Waals surface area contributed by atoms with Crippen molar-refractivity contribution in [1.82, 2.24) is 20.9 Å². The first-order chi connectivity index (χ1) is 16.4. The van der Waals surface area contributed by atoms with Crippen molar-refractivity contribution in [1.29, 1.82) is 0 Å². The Balaban J connectivity index is 1.09. The molecule has 0 aromatic heterocycles. The summed E-state index contributed by atoms with van der Waals surface area (Å²) in [6.45, 7) is 1.98. The number of fused-ring (bicyclic) bond motifs is 2. The summed E-state index contributed by atoms with van der Waals surface area (Å²) in [5.74, 6) is 0.307. The summed E-state index contributed by atoms with van der Waals surface area (Å²) in [6.07, 6.45) is 4.19. The normalized spacial score (nSPS) is 33.4. The van der Waals surface area contributed by atoms with E-state index in [1.807, 2.05) is 0 Å². The molecule has 3 aliphatic carbocycles. The number of ether oxygens (including phenoxy) is 1. The standard InChI is InChI=1S/C24H32ClFN4O4/c25-18-2-1-17(8-19(18)26)34-12-23(32)28-20-9-21(14-5-13(20)6-14)29-24(33)22-7-15(3-4-27-22)30-10-16(31)11-30/h1-2,8,13-16,20-22,27,31H,3-7,9-12H2,(H,28,32)(H,29,33)/t13?,14?,15?,20-,21?,22?/m0/s1. The number of amides is 2. The summed E-state index contributed by atoms with van der Waals surface area (Å²) in [4.78, 5) is 27.7. The van der Waals surface area contributed by atoms with Crippen LogP contribution in [0.2, 0.25) is 5.02 Å². The van der Waals surface area contributed by atoms with Crippen LogP contribution in [0.5, 0.6) is 5.75 Å². The topological polar surface area (TPSA) is 103 Å². The van der Waals surface area contributed by atoms with Gasteiger partial charge in [-0.3, -0.25) is 14.5 Å². The summed E-state index contributed by atoms with van der Waals surface area (Å²) < 4.78 is 19.0. The van der Waals surface area contributed by atoms with Crippen LogP contribution in [0.15, 0.2) is 18.2 Å². The van der Waals surface area contributed by atoms with Crippen molar-refractivity contribution in [3.8, 4) is 5.75 Å². The van der Waals surface area contributed by atoms with Crippen LogP contribution < -0.4 is 20.7 Å². The van der Waals surface area contributed by atoms with Crippen LogP contribution in [0, 0.1) is 17.7 Å². The maximum atomic E-state index is 13.5. The lowest BCUT2D eigenvalue weighted by atomic mass is 9.60. The lowest BCUT2D eigenvalue weighted by Gasteiger charge is -2.52. The number of piperidine rings is 1. The van der Waals surface area contributed by atoms with Crippen molar-refractivity contribution >= 4 is 23.4 Å². The number of aliphatic hydroxyl groups excluding tert-OH is 1. The predicted molar refractivity (Wildman–Crippen MR) is 124 cm³/mol. The number of hydrogen-bond acceptors (Lipinski definition) is 6. The number of halogens is 2. The van der Waals surface area contributed by atoms with E-state index in [1.54, 1.807) is 0 Å². The molecule has 6 rings (SSSR count). The van der Waals surface area contributed by atoms with Crippen molar-refractivity contribution in [3.63, 3.8) is 0 Å². The van der Waals surface area contributed by atoms with Crippen molar-refractivity contribution in [3.05, 3.63) is 29.0 Å². The molecule has 2 heterocycles. The first kappa shape index (κ1) is 23.8. The minimum absolute atomic E-state index is 0.00456. The minimum atomic E-state index is -0.591. The molecular formula is C24H32ClFN4O4. The Bertz CT molecular complexity index is 924. The highest BCUT2D eigenvalue weighted by Crippen LogP contribution is 2.45. The van der Waals surface area contributed by atoms with E-state index >= 15 is 0 Å². The van der Waals surface area contributed by atoms with E-state index in [4.69, 9.17) is 16.3 Å². The zero-order valence-corrected chi connectivity index (χ0v) is 19.8. The van der Waals surface area contributed by atoms with Crippen LogP contribution >= 0.6 is 11.6 Å². The summed E-state index contributed by atoms with van der Waals surface area (Å²) in [5, 5.41) is 19.2. The van der Waals surface area contributed by atoms with Gasteiger partial charge in [0.1, 0.15) is 11.6 Å². The number of benzene rings is 1. The SMILES string of the molecule is O=C(COc1ccc(Cl)c(F)c1)N[C@H]1CC(NC(=O)C2CC(N3CC(O)C3)CCN2)C2CC1C2. The van der Waals surface area contributed by atoms with Gasteiger partial charge >= 0.3 is 0 Å². The number of carbonyl (C=O) groups is 2. The zero-order valence-electron chi connectivity index (χ0n) is 19.0. The zero-order chi connectivity index (χ0) is 23.8. The number of aliphatic hydroxyl groups is 1. The Kier molecular flexibility index (Phi) is 6.97. The van der Waals surface area contributed by atoms with Gasteiger partial charge in [0.2, 0.25) is 5.91 Å². The molecule has 1 aromatic carbocycles. The molecule has 4 atom stereocenters. The average molecular weight is 495 g/mol. The molecule has 1 aromatic rings. The molecule has 10 heteroatoms. The van der Waals surface area contributed by atoms with Gasteiger partial charge in [-0.25, -0.2) is 4.39 Å². The molecule has 186 valence electrons. The molecule has 3 saturated carbocycles. The molecule has 2 aliphatic heterocycles. The van der Waals surface area contributed by atoms with Gasteiger partial charge in [0, 0.05) is 37.3 Å². The second-order valence-electron chi connectivity index (χ2n) is 10.2. The smallest absolute Gasteiger partial charge is 0.258 e. The molecule has 5 aliphatic rings. The average Bonchev–Trinajstić information content (AvgIpc) is 2.77. The van der Waals surface area contributed by atoms with E-state index in [-0.39, 0.29) is 53.4 Å². The Morgan fingerprint density at radius 2 is 1.88 bits per heavy atom. The fraction of sp³-hybridized carbons (Fsp3) is 0.667. The van der Waals surface area contributed by atoms with E-state index in [2.05, 4.69) is 20.9 Å². The highest BCUT2D eigenvalue weighted by atomic mass is 35.5. The molecule has 34 heavy (non-hydrogen) atoms. The number of rotatable bonds is 7. The molecule has 2 saturated heterocycles. The van der Waals surface area contributed by atoms with E-state index in [9.17, 15) is 19.1 Å². The number of β-amino-alcohol motifs (C(OH)–C–C–N with tert-alkyl or cyclic N) is 1. The Hall–Kier alpha value is -1.94. The maximum Gasteiger partial charge on any atom is 0.258 e. The Labute approximate surface area is 203 Å². The highest BCUT2D eigenvalue weighted by Gasteiger charge is 2.47. The van der Waals surface area contributed by atoms with Crippen molar-refractivity contribution < 1.29 is 23.8 Å². The van der Waals surface area contributed by atoms with Gasteiger partial charge in [0.25, 0.3) is 5.91 Å². The first-order valence-corrected chi connectivity index (χ1v) is 12.6. The van der Waals surface area contributed by atoms with Gasteiger partial charge in [-0.15, -0.1) is 0 Å². The molecule has 0 spiro atoms. The molecule has 3 unspecified atom stereocenters. The number of hydrogen-bond donors (Lipinski definition) is 4. The van der Waals surface area contributed by atoms with E-state index in [0.717, 1.165) is 38.3 Å². The van der Waals surface area contributed by atoms with Crippen LogP contribution in [0.4, 0.5) is 4.39 Å². The molecule has 2 amide bonds. The maximum absolute atomic E-state index is 13.5. The second kappa shape index (κ2) is 9.97. The molecule has 4 N–H and O–H groups in total. The molecule has 8 nitrogen and oxygen atoms in total. The third kappa shape index (κ3) is 5.17. The summed E-state index contributed by atoms with van der Waals surface area (Å²) >= 11 is 5.67. The second-order valence-corrected chi connectivity index (χ2v) is 10.6. The van der Waals surface area contributed by atoms with Gasteiger partial charge in [-0.05, 0) is 62.6 Å². The van der Waals surface area contributed by atoms with E-state index in [1.165, 1.54) is 12.1 Å².